The molecule has 0 aliphatic heterocycles. The minimum atomic E-state index is 0.333. The van der Waals surface area contributed by atoms with E-state index in [1.54, 1.807) is 20.3 Å². The van der Waals surface area contributed by atoms with E-state index in [2.05, 4.69) is 9.97 Å². The molecule has 0 bridgehead atoms. The lowest BCUT2D eigenvalue weighted by Crippen LogP contribution is -1.98. The summed E-state index contributed by atoms with van der Waals surface area (Å²) in [5, 5.41) is 1.16. The van der Waals surface area contributed by atoms with Gasteiger partial charge in [-0.25, -0.2) is 9.97 Å². The maximum Gasteiger partial charge on any atom is 0.156 e. The van der Waals surface area contributed by atoms with Crippen molar-refractivity contribution in [3.8, 4) is 5.75 Å². The number of ether oxygens (including phenoxy) is 2. The zero-order valence-electron chi connectivity index (χ0n) is 10.6. The molecule has 6 heteroatoms. The Hall–Kier alpha value is -1.30. The summed E-state index contributed by atoms with van der Waals surface area (Å²) in [5.74, 6) is 1.36. The lowest BCUT2D eigenvalue weighted by atomic mass is 10.3. The van der Waals surface area contributed by atoms with Gasteiger partial charge in [0, 0.05) is 13.2 Å². The summed E-state index contributed by atoms with van der Waals surface area (Å²) in [6.07, 6.45) is 0. The lowest BCUT2D eigenvalue weighted by Gasteiger charge is -2.08. The van der Waals surface area contributed by atoms with Gasteiger partial charge in [-0.3, -0.25) is 0 Å². The number of nitrogens with zero attached hydrogens (tertiary/aromatic N) is 2. The Labute approximate surface area is 121 Å². The quantitative estimate of drug-likeness (QED) is 0.791. The summed E-state index contributed by atoms with van der Waals surface area (Å²) in [7, 11) is 3.24. The fraction of sp³-hybridized carbons (Fsp3) is 0.231. The molecule has 1 aromatic carbocycles. The van der Waals surface area contributed by atoms with Gasteiger partial charge in [0.15, 0.2) is 5.82 Å². The average molecular weight is 297 g/mol. The Morgan fingerprint density at radius 1 is 1.21 bits per heavy atom. The minimum Gasteiger partial charge on any atom is -0.496 e. The minimum absolute atomic E-state index is 0.333. The largest absolute Gasteiger partial charge is 0.496 e. The van der Waals surface area contributed by atoms with E-state index < -0.39 is 0 Å². The van der Waals surface area contributed by atoms with Crippen LogP contribution in [0.15, 0.2) is 40.3 Å². The number of rotatable bonds is 5. The van der Waals surface area contributed by atoms with Crippen molar-refractivity contribution in [3.05, 3.63) is 41.3 Å². The van der Waals surface area contributed by atoms with E-state index in [-0.39, 0.29) is 0 Å². The molecule has 0 atom stereocenters. The molecule has 0 radical (unpaired) electrons. The third-order valence-electron chi connectivity index (χ3n) is 2.27. The Morgan fingerprint density at radius 3 is 2.74 bits per heavy atom. The molecule has 0 amide bonds. The van der Waals surface area contributed by atoms with Crippen molar-refractivity contribution in [2.24, 2.45) is 0 Å². The third-order valence-corrected chi connectivity index (χ3v) is 3.44. The molecule has 1 aromatic heterocycles. The number of hydrogen-bond acceptors (Lipinski definition) is 5. The van der Waals surface area contributed by atoms with Gasteiger partial charge in [0.1, 0.15) is 22.5 Å². The smallest absolute Gasteiger partial charge is 0.156 e. The van der Waals surface area contributed by atoms with Crippen LogP contribution in [-0.2, 0) is 11.3 Å². The monoisotopic (exact) mass is 296 g/mol. The van der Waals surface area contributed by atoms with Crippen LogP contribution in [0, 0.1) is 0 Å². The summed E-state index contributed by atoms with van der Waals surface area (Å²) in [6, 6.07) is 9.46. The van der Waals surface area contributed by atoms with E-state index in [1.807, 2.05) is 24.3 Å². The first-order valence-corrected chi connectivity index (χ1v) is 6.75. The zero-order chi connectivity index (χ0) is 13.7. The molecule has 0 saturated carbocycles. The third kappa shape index (κ3) is 3.83. The number of halogens is 1. The fourth-order valence-electron chi connectivity index (χ4n) is 1.50. The molecular formula is C13H13ClN2O2S. The van der Waals surface area contributed by atoms with Crippen molar-refractivity contribution in [3.63, 3.8) is 0 Å². The fourth-order valence-corrected chi connectivity index (χ4v) is 2.71. The molecule has 4 nitrogen and oxygen atoms in total. The second kappa shape index (κ2) is 6.75. The van der Waals surface area contributed by atoms with Crippen molar-refractivity contribution in [2.75, 3.05) is 14.2 Å². The van der Waals surface area contributed by atoms with Gasteiger partial charge in [0.25, 0.3) is 0 Å². The topological polar surface area (TPSA) is 44.2 Å². The molecule has 2 aromatic rings. The van der Waals surface area contributed by atoms with Crippen LogP contribution < -0.4 is 4.74 Å². The highest BCUT2D eigenvalue weighted by molar-refractivity contribution is 7.99. The van der Waals surface area contributed by atoms with Gasteiger partial charge >= 0.3 is 0 Å². The first-order chi connectivity index (χ1) is 9.22. The number of hydrogen-bond donors (Lipinski definition) is 0. The van der Waals surface area contributed by atoms with Crippen molar-refractivity contribution < 1.29 is 9.47 Å². The van der Waals surface area contributed by atoms with Crippen LogP contribution in [0.5, 0.6) is 5.75 Å². The van der Waals surface area contributed by atoms with Crippen LogP contribution in [0.4, 0.5) is 0 Å². The van der Waals surface area contributed by atoms with Crippen molar-refractivity contribution in [1.82, 2.24) is 9.97 Å². The second-order valence-corrected chi connectivity index (χ2v) is 5.08. The summed E-state index contributed by atoms with van der Waals surface area (Å²) < 4.78 is 10.3. The van der Waals surface area contributed by atoms with E-state index in [1.165, 1.54) is 11.8 Å². The standard InChI is InChI=1S/C13H13ClN2O2S/c1-17-8-12-15-11(14)7-13(16-12)19-10-6-4-3-5-9(10)18-2/h3-7H,8H2,1-2H3. The predicted molar refractivity (Wildman–Crippen MR) is 74.9 cm³/mol. The van der Waals surface area contributed by atoms with Crippen molar-refractivity contribution in [2.45, 2.75) is 16.5 Å². The van der Waals surface area contributed by atoms with E-state index >= 15 is 0 Å². The molecule has 0 N–H and O–H groups in total. The number of aromatic nitrogens is 2. The molecule has 0 aliphatic carbocycles. The van der Waals surface area contributed by atoms with Crippen LogP contribution in [0.2, 0.25) is 5.15 Å². The molecule has 19 heavy (non-hydrogen) atoms. The van der Waals surface area contributed by atoms with E-state index in [0.717, 1.165) is 15.7 Å². The summed E-state index contributed by atoms with van der Waals surface area (Å²) in [5.41, 5.74) is 0. The molecule has 0 aliphatic rings. The van der Waals surface area contributed by atoms with Gasteiger partial charge in [-0.2, -0.15) is 0 Å². The predicted octanol–water partition coefficient (Wildman–Crippen LogP) is 3.44. The van der Waals surface area contributed by atoms with Gasteiger partial charge < -0.3 is 9.47 Å². The van der Waals surface area contributed by atoms with Crippen LogP contribution in [0.25, 0.3) is 0 Å². The summed E-state index contributed by atoms with van der Waals surface area (Å²) in [6.45, 7) is 0.333. The highest BCUT2D eigenvalue weighted by Crippen LogP contribution is 2.34. The van der Waals surface area contributed by atoms with Crippen LogP contribution >= 0.6 is 23.4 Å². The van der Waals surface area contributed by atoms with E-state index in [9.17, 15) is 0 Å². The van der Waals surface area contributed by atoms with E-state index in [0.29, 0.717) is 17.6 Å². The normalized spacial score (nSPS) is 10.5. The van der Waals surface area contributed by atoms with Gasteiger partial charge in [0.2, 0.25) is 0 Å². The molecule has 0 spiro atoms. The number of benzene rings is 1. The highest BCUT2D eigenvalue weighted by atomic mass is 35.5. The maximum absolute atomic E-state index is 5.97. The van der Waals surface area contributed by atoms with Gasteiger partial charge in [0.05, 0.1) is 12.0 Å². The number of methoxy groups -OCH3 is 2. The summed E-state index contributed by atoms with van der Waals surface area (Å²) >= 11 is 7.45. The molecule has 0 saturated heterocycles. The Morgan fingerprint density at radius 2 is 2.00 bits per heavy atom. The van der Waals surface area contributed by atoms with Gasteiger partial charge in [-0.05, 0) is 12.1 Å². The first-order valence-electron chi connectivity index (χ1n) is 5.56. The molecule has 1 heterocycles. The molecule has 100 valence electrons. The van der Waals surface area contributed by atoms with E-state index in [4.69, 9.17) is 21.1 Å². The molecule has 0 unspecified atom stereocenters. The number of para-hydroxylation sites is 1. The van der Waals surface area contributed by atoms with Crippen molar-refractivity contribution in [1.29, 1.82) is 0 Å². The molecule has 2 rings (SSSR count). The molecular weight excluding hydrogens is 284 g/mol. The maximum atomic E-state index is 5.97. The Kier molecular flexibility index (Phi) is 5.01. The lowest BCUT2D eigenvalue weighted by molar-refractivity contribution is 0.177. The van der Waals surface area contributed by atoms with Gasteiger partial charge in [-0.15, -0.1) is 0 Å². The van der Waals surface area contributed by atoms with Gasteiger partial charge in [-0.1, -0.05) is 35.5 Å². The Balaban J connectivity index is 2.27. The second-order valence-electron chi connectivity index (χ2n) is 3.63. The summed E-state index contributed by atoms with van der Waals surface area (Å²) in [4.78, 5) is 9.45. The van der Waals surface area contributed by atoms with Crippen LogP contribution in [0.1, 0.15) is 5.82 Å². The average Bonchev–Trinajstić information content (AvgIpc) is 2.39. The highest BCUT2D eigenvalue weighted by Gasteiger charge is 2.08. The van der Waals surface area contributed by atoms with Crippen LogP contribution in [-0.4, -0.2) is 24.2 Å². The Bertz CT molecular complexity index is 566. The zero-order valence-corrected chi connectivity index (χ0v) is 12.2. The van der Waals surface area contributed by atoms with Crippen LogP contribution in [0.3, 0.4) is 0 Å². The molecule has 0 fully saturated rings. The SMILES string of the molecule is COCc1nc(Cl)cc(Sc2ccccc2OC)n1. The first kappa shape index (κ1) is 14.1. The van der Waals surface area contributed by atoms with Crippen molar-refractivity contribution >= 4 is 23.4 Å².